The van der Waals surface area contributed by atoms with Gasteiger partial charge in [0.25, 0.3) is 5.91 Å². The van der Waals surface area contributed by atoms with Crippen molar-refractivity contribution in [2.75, 3.05) is 5.32 Å². The highest BCUT2D eigenvalue weighted by molar-refractivity contribution is 6.07. The molecular formula is C27H26FN7O2. The Morgan fingerprint density at radius 2 is 1.86 bits per heavy atom. The van der Waals surface area contributed by atoms with Gasteiger partial charge in [-0.3, -0.25) is 14.9 Å². The Morgan fingerprint density at radius 3 is 2.62 bits per heavy atom. The molecule has 0 saturated heterocycles. The molecule has 9 nitrogen and oxygen atoms in total. The molecule has 0 radical (unpaired) electrons. The van der Waals surface area contributed by atoms with Gasteiger partial charge in [0.2, 0.25) is 11.9 Å². The minimum Gasteiger partial charge on any atom is -0.345 e. The van der Waals surface area contributed by atoms with Crippen molar-refractivity contribution in [2.24, 2.45) is 13.0 Å². The van der Waals surface area contributed by atoms with E-state index < -0.39 is 0 Å². The number of nitrogens with one attached hydrogen (secondary N) is 2. The van der Waals surface area contributed by atoms with E-state index in [9.17, 15) is 14.0 Å². The molecule has 0 saturated carbocycles. The molecule has 4 aromatic heterocycles. The molecule has 4 heterocycles. The summed E-state index contributed by atoms with van der Waals surface area (Å²) in [5, 5.41) is 10.6. The number of amides is 2. The van der Waals surface area contributed by atoms with E-state index in [0.717, 1.165) is 11.1 Å². The molecule has 5 aromatic rings. The van der Waals surface area contributed by atoms with Gasteiger partial charge in [0.1, 0.15) is 11.5 Å². The molecule has 2 N–H and O–H groups in total. The largest absolute Gasteiger partial charge is 0.345 e. The van der Waals surface area contributed by atoms with E-state index in [2.05, 4.69) is 25.7 Å². The maximum Gasteiger partial charge on any atom is 0.253 e. The Labute approximate surface area is 212 Å². The summed E-state index contributed by atoms with van der Waals surface area (Å²) >= 11 is 0. The molecule has 188 valence electrons. The average molecular weight is 500 g/mol. The highest BCUT2D eigenvalue weighted by atomic mass is 19.1. The fourth-order valence-corrected chi connectivity index (χ4v) is 4.10. The fourth-order valence-electron chi connectivity index (χ4n) is 4.10. The second kappa shape index (κ2) is 9.45. The smallest absolute Gasteiger partial charge is 0.253 e. The van der Waals surface area contributed by atoms with E-state index in [1.165, 1.54) is 12.1 Å². The van der Waals surface area contributed by atoms with E-state index in [1.54, 1.807) is 53.7 Å². The third-order valence-electron chi connectivity index (χ3n) is 6.18. The van der Waals surface area contributed by atoms with Gasteiger partial charge in [0.15, 0.2) is 5.65 Å². The maximum atomic E-state index is 13.6. The van der Waals surface area contributed by atoms with Crippen molar-refractivity contribution >= 4 is 34.4 Å². The monoisotopic (exact) mass is 499 g/mol. The molecule has 0 spiro atoms. The summed E-state index contributed by atoms with van der Waals surface area (Å²) < 4.78 is 17.0. The van der Waals surface area contributed by atoms with Gasteiger partial charge in [-0.25, -0.2) is 13.9 Å². The summed E-state index contributed by atoms with van der Waals surface area (Å²) in [4.78, 5) is 34.2. The van der Waals surface area contributed by atoms with Crippen LogP contribution in [0.25, 0.3) is 27.8 Å². The predicted molar refractivity (Wildman–Crippen MR) is 138 cm³/mol. The second-order valence-electron chi connectivity index (χ2n) is 9.30. The topological polar surface area (TPSA) is 106 Å². The lowest BCUT2D eigenvalue weighted by atomic mass is 10.1. The summed E-state index contributed by atoms with van der Waals surface area (Å²) in [6.07, 6.45) is 5.23. The van der Waals surface area contributed by atoms with Gasteiger partial charge >= 0.3 is 0 Å². The molecule has 1 unspecified atom stereocenters. The van der Waals surface area contributed by atoms with Gasteiger partial charge in [0, 0.05) is 42.5 Å². The Hall–Kier alpha value is -4.60. The lowest BCUT2D eigenvalue weighted by molar-refractivity contribution is -0.118. The molecule has 0 bridgehead atoms. The van der Waals surface area contributed by atoms with Crippen LogP contribution in [-0.2, 0) is 11.8 Å². The molecule has 0 fully saturated rings. The van der Waals surface area contributed by atoms with Gasteiger partial charge < -0.3 is 9.88 Å². The standard InChI is InChI=1S/C27H26FN7O2/c1-15(2)25(36)32-27-31-23-12-18(8-9-35(23)33-27)19-11-21-22(14-34(4)24(21)29-13-19)26(37)30-16(3)17-6-5-7-20(28)10-17/h5-16H,1-4H3,(H,30,37)(H,32,33,36). The maximum absolute atomic E-state index is 13.6. The van der Waals surface area contributed by atoms with Crippen LogP contribution in [0.2, 0.25) is 0 Å². The molecular weight excluding hydrogens is 473 g/mol. The number of fused-ring (bicyclic) bond motifs is 2. The second-order valence-corrected chi connectivity index (χ2v) is 9.30. The van der Waals surface area contributed by atoms with Crippen molar-refractivity contribution in [3.8, 4) is 11.1 Å². The molecule has 0 aliphatic heterocycles. The number of halogens is 1. The summed E-state index contributed by atoms with van der Waals surface area (Å²) in [6.45, 7) is 5.41. The lowest BCUT2D eigenvalue weighted by Crippen LogP contribution is -2.26. The normalized spacial score (nSPS) is 12.3. The number of carbonyl (C=O) groups is 2. The van der Waals surface area contributed by atoms with Crippen LogP contribution in [0.5, 0.6) is 0 Å². The molecule has 2 amide bonds. The van der Waals surface area contributed by atoms with Crippen LogP contribution < -0.4 is 10.6 Å². The first-order valence-corrected chi connectivity index (χ1v) is 11.9. The number of aromatic nitrogens is 5. The zero-order valence-corrected chi connectivity index (χ0v) is 20.9. The van der Waals surface area contributed by atoms with E-state index in [1.807, 2.05) is 32.2 Å². The molecule has 0 aliphatic rings. The van der Waals surface area contributed by atoms with Crippen molar-refractivity contribution in [1.82, 2.24) is 29.5 Å². The van der Waals surface area contributed by atoms with Crippen LogP contribution in [0.3, 0.4) is 0 Å². The number of hydrogen-bond donors (Lipinski definition) is 2. The minimum atomic E-state index is -0.379. The average Bonchev–Trinajstić information content (AvgIpc) is 3.43. The predicted octanol–water partition coefficient (Wildman–Crippen LogP) is 4.51. The molecule has 37 heavy (non-hydrogen) atoms. The molecule has 1 atom stereocenters. The van der Waals surface area contributed by atoms with E-state index in [-0.39, 0.29) is 35.5 Å². The number of carbonyl (C=O) groups excluding carboxylic acids is 2. The highest BCUT2D eigenvalue weighted by Crippen LogP contribution is 2.27. The fraction of sp³-hybridized carbons (Fsp3) is 0.222. The van der Waals surface area contributed by atoms with Crippen molar-refractivity contribution in [2.45, 2.75) is 26.8 Å². The van der Waals surface area contributed by atoms with Gasteiger partial charge in [-0.05, 0) is 48.4 Å². The van der Waals surface area contributed by atoms with Crippen LogP contribution >= 0.6 is 0 Å². The van der Waals surface area contributed by atoms with Crippen molar-refractivity contribution < 1.29 is 14.0 Å². The van der Waals surface area contributed by atoms with Gasteiger partial charge in [0.05, 0.1) is 11.6 Å². The first kappa shape index (κ1) is 24.1. The van der Waals surface area contributed by atoms with Crippen molar-refractivity contribution in [3.63, 3.8) is 0 Å². The van der Waals surface area contributed by atoms with Crippen LogP contribution in [0.15, 0.2) is 61.1 Å². The van der Waals surface area contributed by atoms with Gasteiger partial charge in [-0.15, -0.1) is 5.10 Å². The molecule has 10 heteroatoms. The van der Waals surface area contributed by atoms with E-state index in [0.29, 0.717) is 27.8 Å². The number of aryl methyl sites for hydroxylation is 1. The number of benzene rings is 1. The highest BCUT2D eigenvalue weighted by Gasteiger charge is 2.19. The van der Waals surface area contributed by atoms with Crippen LogP contribution in [0, 0.1) is 11.7 Å². The third-order valence-corrected chi connectivity index (χ3v) is 6.18. The van der Waals surface area contributed by atoms with Crippen molar-refractivity contribution in [1.29, 1.82) is 0 Å². The quantitative estimate of drug-likeness (QED) is 0.358. The number of nitrogens with zero attached hydrogens (tertiary/aromatic N) is 5. The number of hydrogen-bond acceptors (Lipinski definition) is 5. The summed E-state index contributed by atoms with van der Waals surface area (Å²) in [5.74, 6) is -0.739. The Balaban J connectivity index is 1.45. The van der Waals surface area contributed by atoms with Gasteiger partial charge in [-0.1, -0.05) is 26.0 Å². The molecule has 1 aromatic carbocycles. The Kier molecular flexibility index (Phi) is 6.16. The first-order valence-electron chi connectivity index (χ1n) is 11.9. The van der Waals surface area contributed by atoms with E-state index in [4.69, 9.17) is 0 Å². The Morgan fingerprint density at radius 1 is 1.05 bits per heavy atom. The summed E-state index contributed by atoms with van der Waals surface area (Å²) in [6, 6.07) is 11.4. The van der Waals surface area contributed by atoms with Crippen LogP contribution in [0.1, 0.15) is 42.7 Å². The zero-order valence-electron chi connectivity index (χ0n) is 20.9. The number of rotatable bonds is 6. The lowest BCUT2D eigenvalue weighted by Gasteiger charge is -2.14. The SMILES string of the molecule is CC(C)C(=O)Nc1nc2cc(-c3cnc4c(c3)c(C(=O)NC(C)c3cccc(F)c3)cn4C)ccn2n1. The van der Waals surface area contributed by atoms with E-state index >= 15 is 0 Å². The summed E-state index contributed by atoms with van der Waals surface area (Å²) in [7, 11) is 1.83. The molecule has 5 rings (SSSR count). The van der Waals surface area contributed by atoms with Gasteiger partial charge in [-0.2, -0.15) is 4.98 Å². The third kappa shape index (κ3) is 4.77. The minimum absolute atomic E-state index is 0.160. The van der Waals surface area contributed by atoms with Crippen LogP contribution in [0.4, 0.5) is 10.3 Å². The number of pyridine rings is 2. The Bertz CT molecular complexity index is 1650. The van der Waals surface area contributed by atoms with Crippen molar-refractivity contribution in [3.05, 3.63) is 78.0 Å². The zero-order chi connectivity index (χ0) is 26.3. The first-order chi connectivity index (χ1) is 17.7. The number of anilines is 1. The molecule has 0 aliphatic carbocycles. The summed E-state index contributed by atoms with van der Waals surface area (Å²) in [5.41, 5.74) is 4.00. The van der Waals surface area contributed by atoms with Crippen LogP contribution in [-0.4, -0.2) is 36.0 Å².